The number of hydrogen-bond acceptors (Lipinski definition) is 4. The van der Waals surface area contributed by atoms with Crippen molar-refractivity contribution in [1.82, 2.24) is 15.1 Å². The number of nitrogens with zero attached hydrogens (tertiary/aromatic N) is 2. The van der Waals surface area contributed by atoms with E-state index in [9.17, 15) is 9.59 Å². The van der Waals surface area contributed by atoms with Gasteiger partial charge in [-0.15, -0.1) is 0 Å². The molecular formula is C17H24ClN3O3. The number of benzene rings is 1. The monoisotopic (exact) mass is 353 g/mol. The predicted octanol–water partition coefficient (Wildman–Crippen LogP) is 0.789. The summed E-state index contributed by atoms with van der Waals surface area (Å²) in [7, 11) is 1.63. The van der Waals surface area contributed by atoms with E-state index < -0.39 is 0 Å². The zero-order valence-electron chi connectivity index (χ0n) is 14.0. The van der Waals surface area contributed by atoms with Gasteiger partial charge in [0.25, 0.3) is 0 Å². The van der Waals surface area contributed by atoms with Crippen LogP contribution in [0, 0.1) is 0 Å². The van der Waals surface area contributed by atoms with Crippen LogP contribution in [0.4, 0.5) is 0 Å². The lowest BCUT2D eigenvalue weighted by atomic mass is 10.1. The van der Waals surface area contributed by atoms with Gasteiger partial charge in [0.15, 0.2) is 0 Å². The van der Waals surface area contributed by atoms with Crippen molar-refractivity contribution in [2.75, 3.05) is 53.0 Å². The van der Waals surface area contributed by atoms with E-state index >= 15 is 0 Å². The van der Waals surface area contributed by atoms with Crippen LogP contribution in [0.25, 0.3) is 0 Å². The number of hydrogen-bond donors (Lipinski definition) is 1. The van der Waals surface area contributed by atoms with Gasteiger partial charge in [0.05, 0.1) is 19.6 Å². The molecule has 24 heavy (non-hydrogen) atoms. The standard InChI is InChI=1S/C17H24ClN3O3/c1-24-11-6-19-13-17(23)21-9-7-20(8-10-21)16(22)12-14-2-4-15(18)5-3-14/h2-5,19H,6-13H2,1H3. The van der Waals surface area contributed by atoms with Crippen LogP contribution in [0.5, 0.6) is 0 Å². The smallest absolute Gasteiger partial charge is 0.236 e. The fourth-order valence-electron chi connectivity index (χ4n) is 2.58. The van der Waals surface area contributed by atoms with E-state index in [4.69, 9.17) is 16.3 Å². The summed E-state index contributed by atoms with van der Waals surface area (Å²) in [5, 5.41) is 3.71. The first kappa shape index (κ1) is 18.7. The van der Waals surface area contributed by atoms with Crippen molar-refractivity contribution in [3.05, 3.63) is 34.9 Å². The van der Waals surface area contributed by atoms with Crippen molar-refractivity contribution in [1.29, 1.82) is 0 Å². The van der Waals surface area contributed by atoms with Crippen LogP contribution in [0.15, 0.2) is 24.3 Å². The van der Waals surface area contributed by atoms with Gasteiger partial charge >= 0.3 is 0 Å². The first-order chi connectivity index (χ1) is 11.6. The number of piperazine rings is 1. The molecule has 1 fully saturated rings. The van der Waals surface area contributed by atoms with E-state index in [1.165, 1.54) is 0 Å². The highest BCUT2D eigenvalue weighted by Gasteiger charge is 2.23. The third kappa shape index (κ3) is 5.78. The zero-order valence-corrected chi connectivity index (χ0v) is 14.7. The number of ether oxygens (including phenoxy) is 1. The normalized spacial score (nSPS) is 14.8. The Bertz CT molecular complexity index is 543. The van der Waals surface area contributed by atoms with E-state index in [0.29, 0.717) is 57.3 Å². The molecule has 0 atom stereocenters. The molecule has 1 aliphatic rings. The van der Waals surface area contributed by atoms with Crippen LogP contribution in [-0.4, -0.2) is 74.6 Å². The van der Waals surface area contributed by atoms with Crippen molar-refractivity contribution in [2.45, 2.75) is 6.42 Å². The molecule has 0 radical (unpaired) electrons. The second-order valence-corrected chi connectivity index (χ2v) is 6.17. The van der Waals surface area contributed by atoms with Crippen molar-refractivity contribution in [3.63, 3.8) is 0 Å². The zero-order chi connectivity index (χ0) is 17.4. The average molecular weight is 354 g/mol. The Morgan fingerprint density at radius 3 is 2.25 bits per heavy atom. The topological polar surface area (TPSA) is 61.9 Å². The maximum absolute atomic E-state index is 12.3. The summed E-state index contributed by atoms with van der Waals surface area (Å²) in [5.41, 5.74) is 0.949. The minimum atomic E-state index is 0.0657. The van der Waals surface area contributed by atoms with E-state index in [1.807, 2.05) is 17.0 Å². The Hall–Kier alpha value is -1.63. The Kier molecular flexibility index (Phi) is 7.49. The number of rotatable bonds is 7. The molecular weight excluding hydrogens is 330 g/mol. The number of carbonyl (C=O) groups excluding carboxylic acids is 2. The fraction of sp³-hybridized carbons (Fsp3) is 0.529. The molecule has 2 amide bonds. The van der Waals surface area contributed by atoms with Gasteiger partial charge in [0, 0.05) is 44.9 Å². The second kappa shape index (κ2) is 9.61. The highest BCUT2D eigenvalue weighted by Crippen LogP contribution is 2.12. The SMILES string of the molecule is COCCNCC(=O)N1CCN(C(=O)Cc2ccc(Cl)cc2)CC1. The van der Waals surface area contributed by atoms with Gasteiger partial charge in [-0.25, -0.2) is 0 Å². The molecule has 1 aromatic carbocycles. The first-order valence-electron chi connectivity index (χ1n) is 8.10. The summed E-state index contributed by atoms with van der Waals surface area (Å²) in [6.07, 6.45) is 0.365. The first-order valence-corrected chi connectivity index (χ1v) is 8.47. The number of methoxy groups -OCH3 is 1. The predicted molar refractivity (Wildman–Crippen MR) is 93.1 cm³/mol. The summed E-state index contributed by atoms with van der Waals surface area (Å²) < 4.78 is 4.93. The second-order valence-electron chi connectivity index (χ2n) is 5.73. The molecule has 2 rings (SSSR count). The van der Waals surface area contributed by atoms with Gasteiger partial charge in [-0.3, -0.25) is 9.59 Å². The van der Waals surface area contributed by atoms with Crippen LogP contribution in [-0.2, 0) is 20.7 Å². The minimum Gasteiger partial charge on any atom is -0.383 e. The van der Waals surface area contributed by atoms with E-state index in [-0.39, 0.29) is 11.8 Å². The van der Waals surface area contributed by atoms with Crippen LogP contribution < -0.4 is 5.32 Å². The van der Waals surface area contributed by atoms with E-state index in [0.717, 1.165) is 5.56 Å². The van der Waals surface area contributed by atoms with Crippen molar-refractivity contribution in [2.24, 2.45) is 0 Å². The molecule has 0 unspecified atom stereocenters. The van der Waals surface area contributed by atoms with Gasteiger partial charge < -0.3 is 19.9 Å². The minimum absolute atomic E-state index is 0.0657. The fourth-order valence-corrected chi connectivity index (χ4v) is 2.70. The lowest BCUT2D eigenvalue weighted by Crippen LogP contribution is -2.52. The van der Waals surface area contributed by atoms with Crippen molar-refractivity contribution >= 4 is 23.4 Å². The van der Waals surface area contributed by atoms with Gasteiger partial charge in [0.2, 0.25) is 11.8 Å². The molecule has 0 aliphatic carbocycles. The molecule has 0 aromatic heterocycles. The Morgan fingerprint density at radius 2 is 1.67 bits per heavy atom. The van der Waals surface area contributed by atoms with Crippen molar-refractivity contribution in [3.8, 4) is 0 Å². The van der Waals surface area contributed by atoms with Gasteiger partial charge in [0.1, 0.15) is 0 Å². The molecule has 132 valence electrons. The molecule has 1 heterocycles. The maximum atomic E-state index is 12.3. The van der Waals surface area contributed by atoms with Crippen LogP contribution in [0.1, 0.15) is 5.56 Å². The highest BCUT2D eigenvalue weighted by atomic mass is 35.5. The molecule has 0 bridgehead atoms. The van der Waals surface area contributed by atoms with E-state index in [2.05, 4.69) is 5.32 Å². The third-order valence-electron chi connectivity index (χ3n) is 4.01. The summed E-state index contributed by atoms with van der Waals surface area (Å²) in [6, 6.07) is 7.31. The van der Waals surface area contributed by atoms with Gasteiger partial charge in [-0.2, -0.15) is 0 Å². The molecule has 7 heteroatoms. The largest absolute Gasteiger partial charge is 0.383 e. The van der Waals surface area contributed by atoms with Gasteiger partial charge in [-0.1, -0.05) is 23.7 Å². The van der Waals surface area contributed by atoms with Crippen LogP contribution in [0.3, 0.4) is 0 Å². The molecule has 1 N–H and O–H groups in total. The average Bonchev–Trinajstić information content (AvgIpc) is 2.60. The Balaban J connectivity index is 1.72. The molecule has 0 spiro atoms. The molecule has 0 saturated carbocycles. The summed E-state index contributed by atoms with van der Waals surface area (Å²) in [5.74, 6) is 0.151. The lowest BCUT2D eigenvalue weighted by molar-refractivity contribution is -0.138. The summed E-state index contributed by atoms with van der Waals surface area (Å²) in [6.45, 7) is 3.87. The molecule has 1 aliphatic heterocycles. The maximum Gasteiger partial charge on any atom is 0.236 e. The van der Waals surface area contributed by atoms with Crippen LogP contribution >= 0.6 is 11.6 Å². The highest BCUT2D eigenvalue weighted by molar-refractivity contribution is 6.30. The Labute approximate surface area is 147 Å². The molecule has 1 saturated heterocycles. The number of amides is 2. The van der Waals surface area contributed by atoms with Crippen LogP contribution in [0.2, 0.25) is 5.02 Å². The van der Waals surface area contributed by atoms with E-state index in [1.54, 1.807) is 24.1 Å². The summed E-state index contributed by atoms with van der Waals surface area (Å²) >= 11 is 5.85. The quantitative estimate of drug-likeness (QED) is 0.736. The molecule has 1 aromatic rings. The number of halogens is 1. The third-order valence-corrected chi connectivity index (χ3v) is 4.26. The number of carbonyl (C=O) groups is 2. The Morgan fingerprint density at radius 1 is 1.08 bits per heavy atom. The van der Waals surface area contributed by atoms with Gasteiger partial charge in [-0.05, 0) is 17.7 Å². The van der Waals surface area contributed by atoms with Crippen molar-refractivity contribution < 1.29 is 14.3 Å². The lowest BCUT2D eigenvalue weighted by Gasteiger charge is -2.35. The molecule has 6 nitrogen and oxygen atoms in total. The number of nitrogens with one attached hydrogen (secondary N) is 1. The summed E-state index contributed by atoms with van der Waals surface area (Å²) in [4.78, 5) is 28.0.